The van der Waals surface area contributed by atoms with Crippen molar-refractivity contribution in [3.63, 3.8) is 0 Å². The third-order valence-electron chi connectivity index (χ3n) is 4.43. The van der Waals surface area contributed by atoms with Gasteiger partial charge in [0.2, 0.25) is 5.91 Å². The average molecular weight is 305 g/mol. The molecule has 1 heterocycles. The van der Waals surface area contributed by atoms with Crippen molar-refractivity contribution in [2.75, 3.05) is 22.9 Å². The van der Waals surface area contributed by atoms with Gasteiger partial charge in [-0.2, -0.15) is 0 Å². The zero-order valence-electron chi connectivity index (χ0n) is 12.5. The number of carbonyl (C=O) groups is 1. The first-order valence-electron chi connectivity index (χ1n) is 7.74. The van der Waals surface area contributed by atoms with Gasteiger partial charge in [0, 0.05) is 28.9 Å². The summed E-state index contributed by atoms with van der Waals surface area (Å²) >= 11 is 1.83. The lowest BCUT2D eigenvalue weighted by Gasteiger charge is -2.35. The topological polar surface area (TPSA) is 58.4 Å². The molecule has 1 saturated carbocycles. The van der Waals surface area contributed by atoms with Crippen LogP contribution in [0.1, 0.15) is 32.6 Å². The van der Waals surface area contributed by atoms with E-state index in [2.05, 4.69) is 16.3 Å². The Morgan fingerprint density at radius 3 is 2.95 bits per heavy atom. The zero-order valence-corrected chi connectivity index (χ0v) is 13.3. The Kier molecular flexibility index (Phi) is 4.29. The Morgan fingerprint density at radius 2 is 2.19 bits per heavy atom. The van der Waals surface area contributed by atoms with Gasteiger partial charge in [-0.25, -0.2) is 0 Å². The van der Waals surface area contributed by atoms with Crippen LogP contribution in [0.3, 0.4) is 0 Å². The molecule has 0 aromatic heterocycles. The van der Waals surface area contributed by atoms with Crippen LogP contribution >= 0.6 is 11.8 Å². The third kappa shape index (κ3) is 3.12. The molecule has 114 valence electrons. The molecule has 1 atom stereocenters. The van der Waals surface area contributed by atoms with Crippen LogP contribution in [0.2, 0.25) is 0 Å². The lowest BCUT2D eigenvalue weighted by atomic mass is 10.1. The highest BCUT2D eigenvalue weighted by atomic mass is 32.2. The highest BCUT2D eigenvalue weighted by molar-refractivity contribution is 7.99. The SMILES string of the molecule is CC(C(=O)NC1CCCC1)N1CCSc2ccc(N)cc21. The summed E-state index contributed by atoms with van der Waals surface area (Å²) in [5.74, 6) is 1.15. The van der Waals surface area contributed by atoms with E-state index in [-0.39, 0.29) is 11.9 Å². The maximum absolute atomic E-state index is 12.5. The molecule has 3 rings (SSSR count). The second-order valence-corrected chi connectivity index (χ2v) is 7.07. The van der Waals surface area contributed by atoms with E-state index in [4.69, 9.17) is 5.73 Å². The highest BCUT2D eigenvalue weighted by Crippen LogP contribution is 2.37. The largest absolute Gasteiger partial charge is 0.399 e. The lowest BCUT2D eigenvalue weighted by molar-refractivity contribution is -0.122. The van der Waals surface area contributed by atoms with Gasteiger partial charge in [-0.3, -0.25) is 4.79 Å². The Morgan fingerprint density at radius 1 is 1.43 bits per heavy atom. The normalized spacial score (nSPS) is 20.1. The summed E-state index contributed by atoms with van der Waals surface area (Å²) in [6, 6.07) is 6.20. The third-order valence-corrected chi connectivity index (χ3v) is 5.47. The number of fused-ring (bicyclic) bond motifs is 1. The Balaban J connectivity index is 1.74. The van der Waals surface area contributed by atoms with Crippen LogP contribution in [0.25, 0.3) is 0 Å². The van der Waals surface area contributed by atoms with E-state index in [0.717, 1.165) is 36.5 Å². The Bertz CT molecular complexity index is 528. The lowest BCUT2D eigenvalue weighted by Crippen LogP contribution is -2.49. The summed E-state index contributed by atoms with van der Waals surface area (Å²) in [6.07, 6.45) is 4.72. The maximum Gasteiger partial charge on any atom is 0.242 e. The molecule has 1 unspecified atom stereocenters. The van der Waals surface area contributed by atoms with E-state index >= 15 is 0 Å². The smallest absolute Gasteiger partial charge is 0.242 e. The second kappa shape index (κ2) is 6.18. The van der Waals surface area contributed by atoms with Crippen LogP contribution in [0.4, 0.5) is 11.4 Å². The standard InChI is InChI=1S/C16H23N3OS/c1-11(16(20)18-13-4-2-3-5-13)19-8-9-21-15-7-6-12(17)10-14(15)19/h6-7,10-11,13H,2-5,8-9,17H2,1H3,(H,18,20). The number of nitrogen functional groups attached to an aromatic ring is 1. The number of nitrogens with one attached hydrogen (secondary N) is 1. The number of anilines is 2. The summed E-state index contributed by atoms with van der Waals surface area (Å²) in [7, 11) is 0. The first-order valence-corrected chi connectivity index (χ1v) is 8.73. The van der Waals surface area contributed by atoms with Gasteiger partial charge in [0.25, 0.3) is 0 Å². The number of carbonyl (C=O) groups excluding carboxylic acids is 1. The monoisotopic (exact) mass is 305 g/mol. The van der Waals surface area contributed by atoms with Crippen molar-refractivity contribution in [2.45, 2.75) is 49.6 Å². The second-order valence-electron chi connectivity index (χ2n) is 5.93. The molecule has 0 radical (unpaired) electrons. The fraction of sp³-hybridized carbons (Fsp3) is 0.562. The van der Waals surface area contributed by atoms with Gasteiger partial charge in [0.05, 0.1) is 5.69 Å². The van der Waals surface area contributed by atoms with E-state index in [0.29, 0.717) is 6.04 Å². The van der Waals surface area contributed by atoms with Gasteiger partial charge in [-0.15, -0.1) is 11.8 Å². The Labute approximate surface area is 130 Å². The molecule has 4 nitrogen and oxygen atoms in total. The predicted molar refractivity (Wildman–Crippen MR) is 88.8 cm³/mol. The van der Waals surface area contributed by atoms with Crippen molar-refractivity contribution in [1.29, 1.82) is 0 Å². The summed E-state index contributed by atoms with van der Waals surface area (Å²) in [6.45, 7) is 2.88. The van der Waals surface area contributed by atoms with Crippen molar-refractivity contribution in [3.05, 3.63) is 18.2 Å². The van der Waals surface area contributed by atoms with Crippen LogP contribution in [0.5, 0.6) is 0 Å². The number of nitrogens with zero attached hydrogens (tertiary/aromatic N) is 1. The summed E-state index contributed by atoms with van der Waals surface area (Å²) < 4.78 is 0. The number of amides is 1. The van der Waals surface area contributed by atoms with Crippen molar-refractivity contribution in [2.24, 2.45) is 0 Å². The van der Waals surface area contributed by atoms with Crippen molar-refractivity contribution in [1.82, 2.24) is 5.32 Å². The molecule has 1 fully saturated rings. The van der Waals surface area contributed by atoms with Crippen LogP contribution in [-0.4, -0.2) is 30.3 Å². The number of hydrogen-bond acceptors (Lipinski definition) is 4. The van der Waals surface area contributed by atoms with Crippen molar-refractivity contribution < 1.29 is 4.79 Å². The number of rotatable bonds is 3. The van der Waals surface area contributed by atoms with Gasteiger partial charge in [0.15, 0.2) is 0 Å². The quantitative estimate of drug-likeness (QED) is 0.843. The van der Waals surface area contributed by atoms with Crippen LogP contribution in [0, 0.1) is 0 Å². The van der Waals surface area contributed by atoms with Crippen LogP contribution in [0.15, 0.2) is 23.1 Å². The fourth-order valence-corrected chi connectivity index (χ4v) is 4.19. The van der Waals surface area contributed by atoms with Crippen LogP contribution in [-0.2, 0) is 4.79 Å². The molecule has 1 aliphatic carbocycles. The van der Waals surface area contributed by atoms with Gasteiger partial charge < -0.3 is 16.0 Å². The minimum atomic E-state index is -0.146. The fourth-order valence-electron chi connectivity index (χ4n) is 3.19. The minimum absolute atomic E-state index is 0.141. The molecule has 2 aliphatic rings. The molecule has 0 spiro atoms. The molecule has 21 heavy (non-hydrogen) atoms. The molecule has 1 amide bonds. The summed E-state index contributed by atoms with van der Waals surface area (Å²) in [5.41, 5.74) is 7.77. The predicted octanol–water partition coefficient (Wildman–Crippen LogP) is 2.63. The highest BCUT2D eigenvalue weighted by Gasteiger charge is 2.28. The number of hydrogen-bond donors (Lipinski definition) is 2. The number of nitrogens with two attached hydrogens (primary N) is 1. The van der Waals surface area contributed by atoms with Crippen molar-refractivity contribution >= 4 is 29.0 Å². The van der Waals surface area contributed by atoms with Crippen LogP contribution < -0.4 is 16.0 Å². The van der Waals surface area contributed by atoms with Gasteiger partial charge >= 0.3 is 0 Å². The number of benzene rings is 1. The minimum Gasteiger partial charge on any atom is -0.399 e. The Hall–Kier alpha value is -1.36. The first-order chi connectivity index (χ1) is 10.1. The molecule has 0 saturated heterocycles. The maximum atomic E-state index is 12.5. The first kappa shape index (κ1) is 14.6. The summed E-state index contributed by atoms with van der Waals surface area (Å²) in [5, 5.41) is 3.20. The molecule has 3 N–H and O–H groups in total. The van der Waals surface area contributed by atoms with E-state index in [1.54, 1.807) is 0 Å². The molecule has 5 heteroatoms. The summed E-state index contributed by atoms with van der Waals surface area (Å²) in [4.78, 5) is 15.9. The molecule has 1 aromatic rings. The van der Waals surface area contributed by atoms with Crippen molar-refractivity contribution in [3.8, 4) is 0 Å². The molecular weight excluding hydrogens is 282 g/mol. The molecule has 1 aromatic carbocycles. The number of thioether (sulfide) groups is 1. The van der Waals surface area contributed by atoms with E-state index in [9.17, 15) is 4.79 Å². The van der Waals surface area contributed by atoms with E-state index in [1.807, 2.05) is 30.8 Å². The van der Waals surface area contributed by atoms with Gasteiger partial charge in [-0.05, 0) is 38.0 Å². The molecule has 1 aliphatic heterocycles. The molecular formula is C16H23N3OS. The van der Waals surface area contributed by atoms with E-state index < -0.39 is 0 Å². The van der Waals surface area contributed by atoms with Gasteiger partial charge in [-0.1, -0.05) is 12.8 Å². The van der Waals surface area contributed by atoms with Gasteiger partial charge in [0.1, 0.15) is 6.04 Å². The average Bonchev–Trinajstić information content (AvgIpc) is 2.98. The molecule has 0 bridgehead atoms. The zero-order chi connectivity index (χ0) is 14.8. The van der Waals surface area contributed by atoms with E-state index in [1.165, 1.54) is 17.7 Å².